The minimum Gasteiger partial charge on any atom is -0.288 e. The molecule has 0 spiro atoms. The Morgan fingerprint density at radius 2 is 0.773 bits per heavy atom. The Kier molecular flexibility index (Phi) is 12.2. The maximum Gasteiger partial charge on any atom is 0.0845 e. The summed E-state index contributed by atoms with van der Waals surface area (Å²) in [5.41, 5.74) is 3.84. The SMILES string of the molecule is CC(=NCCCP(c1ccccc1)c1ccccc1)c1cccc(C(C)=NCCCP(c2ccccc2)c2ccccc2)n1. The summed E-state index contributed by atoms with van der Waals surface area (Å²) < 4.78 is 0. The lowest BCUT2D eigenvalue weighted by Gasteiger charge is -2.18. The molecule has 222 valence electrons. The highest BCUT2D eigenvalue weighted by atomic mass is 31.1. The predicted molar refractivity (Wildman–Crippen MR) is 196 cm³/mol. The van der Waals surface area contributed by atoms with Crippen molar-refractivity contribution in [3.05, 3.63) is 151 Å². The highest BCUT2D eigenvalue weighted by molar-refractivity contribution is 7.73. The molecule has 0 aliphatic carbocycles. The third-order valence-corrected chi connectivity index (χ3v) is 12.8. The normalized spacial score (nSPS) is 12.2. The van der Waals surface area contributed by atoms with Crippen LogP contribution in [0.3, 0.4) is 0 Å². The molecule has 0 radical (unpaired) electrons. The molecule has 0 saturated carbocycles. The Morgan fingerprint density at radius 1 is 0.455 bits per heavy atom. The topological polar surface area (TPSA) is 37.6 Å². The van der Waals surface area contributed by atoms with Gasteiger partial charge in [0.05, 0.1) is 22.8 Å². The molecular formula is C39H41N3P2. The zero-order chi connectivity index (χ0) is 30.4. The maximum atomic E-state index is 4.94. The fourth-order valence-electron chi connectivity index (χ4n) is 5.20. The first-order valence-electron chi connectivity index (χ1n) is 15.4. The van der Waals surface area contributed by atoms with E-state index in [2.05, 4.69) is 153 Å². The van der Waals surface area contributed by atoms with E-state index >= 15 is 0 Å². The van der Waals surface area contributed by atoms with Gasteiger partial charge in [0, 0.05) is 13.1 Å². The van der Waals surface area contributed by atoms with E-state index in [0.29, 0.717) is 0 Å². The number of aliphatic imine (C=N–C) groups is 2. The quantitative estimate of drug-likeness (QED) is 0.0717. The fraction of sp³-hybridized carbons (Fsp3) is 0.205. The van der Waals surface area contributed by atoms with E-state index < -0.39 is 0 Å². The number of hydrogen-bond donors (Lipinski definition) is 0. The van der Waals surface area contributed by atoms with Crippen LogP contribution in [0.5, 0.6) is 0 Å². The number of rotatable bonds is 14. The fourth-order valence-corrected chi connectivity index (χ4v) is 9.87. The molecule has 44 heavy (non-hydrogen) atoms. The van der Waals surface area contributed by atoms with Gasteiger partial charge < -0.3 is 0 Å². The van der Waals surface area contributed by atoms with E-state index in [9.17, 15) is 0 Å². The summed E-state index contributed by atoms with van der Waals surface area (Å²) in [7, 11) is -0.776. The average molecular weight is 614 g/mol. The molecule has 0 N–H and O–H groups in total. The van der Waals surface area contributed by atoms with Gasteiger partial charge in [-0.2, -0.15) is 0 Å². The van der Waals surface area contributed by atoms with Crippen LogP contribution < -0.4 is 21.2 Å². The molecule has 0 unspecified atom stereocenters. The number of benzene rings is 4. The van der Waals surface area contributed by atoms with E-state index in [4.69, 9.17) is 15.0 Å². The van der Waals surface area contributed by atoms with E-state index in [1.807, 2.05) is 0 Å². The molecule has 0 saturated heterocycles. The molecule has 3 nitrogen and oxygen atoms in total. The van der Waals surface area contributed by atoms with Gasteiger partial charge in [-0.05, 0) is 88.2 Å². The van der Waals surface area contributed by atoms with Crippen molar-refractivity contribution < 1.29 is 0 Å². The zero-order valence-corrected chi connectivity index (χ0v) is 27.5. The third-order valence-electron chi connectivity index (χ3n) is 7.54. The van der Waals surface area contributed by atoms with Gasteiger partial charge in [0.25, 0.3) is 0 Å². The van der Waals surface area contributed by atoms with Gasteiger partial charge in [-0.3, -0.25) is 9.98 Å². The van der Waals surface area contributed by atoms with E-state index in [-0.39, 0.29) is 15.8 Å². The first kappa shape index (κ1) is 31.6. The molecule has 0 bridgehead atoms. The van der Waals surface area contributed by atoms with Gasteiger partial charge in [0.2, 0.25) is 0 Å². The van der Waals surface area contributed by atoms with Crippen LogP contribution in [0.25, 0.3) is 0 Å². The van der Waals surface area contributed by atoms with Crippen molar-refractivity contribution >= 4 is 48.5 Å². The highest BCUT2D eigenvalue weighted by Gasteiger charge is 2.14. The molecule has 0 aliphatic rings. The van der Waals surface area contributed by atoms with Crippen LogP contribution in [0.15, 0.2) is 150 Å². The number of nitrogens with zero attached hydrogens (tertiary/aromatic N) is 3. The lowest BCUT2D eigenvalue weighted by Crippen LogP contribution is -2.14. The van der Waals surface area contributed by atoms with Crippen molar-refractivity contribution in [2.24, 2.45) is 9.98 Å². The molecule has 5 rings (SSSR count). The average Bonchev–Trinajstić information content (AvgIpc) is 3.09. The molecule has 0 aliphatic heterocycles. The van der Waals surface area contributed by atoms with Crippen molar-refractivity contribution in [2.45, 2.75) is 26.7 Å². The van der Waals surface area contributed by atoms with Crippen LogP contribution in [-0.4, -0.2) is 41.8 Å². The first-order chi connectivity index (χ1) is 21.7. The zero-order valence-electron chi connectivity index (χ0n) is 25.8. The van der Waals surface area contributed by atoms with Gasteiger partial charge in [0.1, 0.15) is 0 Å². The molecule has 5 aromatic rings. The smallest absolute Gasteiger partial charge is 0.0845 e. The minimum absolute atomic E-state index is 0.388. The third kappa shape index (κ3) is 9.12. The van der Waals surface area contributed by atoms with Crippen molar-refractivity contribution in [3.63, 3.8) is 0 Å². The van der Waals surface area contributed by atoms with Crippen molar-refractivity contribution in [2.75, 3.05) is 25.4 Å². The van der Waals surface area contributed by atoms with Crippen molar-refractivity contribution in [3.8, 4) is 0 Å². The minimum atomic E-state index is -0.388. The Bertz CT molecular complexity index is 1420. The summed E-state index contributed by atoms with van der Waals surface area (Å²) in [4.78, 5) is 14.8. The molecule has 1 heterocycles. The number of aromatic nitrogens is 1. The molecule has 4 aromatic carbocycles. The van der Waals surface area contributed by atoms with Crippen LogP contribution in [0, 0.1) is 0 Å². The van der Waals surface area contributed by atoms with Crippen LogP contribution in [0.2, 0.25) is 0 Å². The van der Waals surface area contributed by atoms with Crippen molar-refractivity contribution in [1.82, 2.24) is 4.98 Å². The van der Waals surface area contributed by atoms with Crippen LogP contribution in [0.1, 0.15) is 38.1 Å². The molecule has 0 fully saturated rings. The van der Waals surface area contributed by atoms with Crippen molar-refractivity contribution in [1.29, 1.82) is 0 Å². The molecule has 1 aromatic heterocycles. The van der Waals surface area contributed by atoms with Crippen LogP contribution >= 0.6 is 15.8 Å². The first-order valence-corrected chi connectivity index (χ1v) is 18.5. The van der Waals surface area contributed by atoms with Crippen LogP contribution in [0.4, 0.5) is 0 Å². The lowest BCUT2D eigenvalue weighted by atomic mass is 10.2. The largest absolute Gasteiger partial charge is 0.288 e. The summed E-state index contributed by atoms with van der Waals surface area (Å²) in [6, 6.07) is 49.8. The molecular weight excluding hydrogens is 572 g/mol. The van der Waals surface area contributed by atoms with E-state index in [1.54, 1.807) is 0 Å². The van der Waals surface area contributed by atoms with Gasteiger partial charge in [-0.25, -0.2) is 4.98 Å². The summed E-state index contributed by atoms with van der Waals surface area (Å²) in [5.74, 6) is 0. The summed E-state index contributed by atoms with van der Waals surface area (Å²) in [6.45, 7) is 5.75. The van der Waals surface area contributed by atoms with E-state index in [0.717, 1.165) is 61.1 Å². The summed E-state index contributed by atoms with van der Waals surface area (Å²) in [5, 5.41) is 5.70. The predicted octanol–water partition coefficient (Wildman–Crippen LogP) is 7.75. The highest BCUT2D eigenvalue weighted by Crippen LogP contribution is 2.35. The van der Waals surface area contributed by atoms with E-state index in [1.165, 1.54) is 21.2 Å². The standard InChI is InChI=1S/C39H41N3P2/c1-32(40-28-16-30-43(34-18-7-3-8-19-34)35-20-9-4-10-21-35)38-26-15-27-39(42-38)33(2)41-29-17-31-44(36-22-11-5-12-23-36)37-24-13-6-14-25-37/h3-15,18-27H,16-17,28-31H2,1-2H3. The molecule has 0 amide bonds. The maximum absolute atomic E-state index is 4.94. The second-order valence-corrected chi connectivity index (χ2v) is 15.4. The number of hydrogen-bond acceptors (Lipinski definition) is 3. The second-order valence-electron chi connectivity index (χ2n) is 10.7. The van der Waals surface area contributed by atoms with Gasteiger partial charge >= 0.3 is 0 Å². The second kappa shape index (κ2) is 16.9. The van der Waals surface area contributed by atoms with Crippen LogP contribution in [-0.2, 0) is 0 Å². The summed E-state index contributed by atoms with van der Waals surface area (Å²) in [6.07, 6.45) is 4.33. The lowest BCUT2D eigenvalue weighted by molar-refractivity contribution is 0.935. The number of pyridine rings is 1. The van der Waals surface area contributed by atoms with Gasteiger partial charge in [0.15, 0.2) is 0 Å². The van der Waals surface area contributed by atoms with Gasteiger partial charge in [-0.15, -0.1) is 0 Å². The Labute approximate surface area is 265 Å². The Balaban J connectivity index is 1.17. The van der Waals surface area contributed by atoms with Gasteiger partial charge in [-0.1, -0.05) is 127 Å². The monoisotopic (exact) mass is 613 g/mol. The summed E-state index contributed by atoms with van der Waals surface area (Å²) >= 11 is 0. The molecule has 0 atom stereocenters. The molecule has 5 heteroatoms. The Morgan fingerprint density at radius 3 is 1.09 bits per heavy atom. The Hall–Kier alpha value is -3.77.